The number of likely N-dealkylation sites (tertiary alicyclic amines) is 1. The molecule has 24 heavy (non-hydrogen) atoms. The van der Waals surface area contributed by atoms with Gasteiger partial charge < -0.3 is 24.8 Å². The Balaban J connectivity index is 1.81. The summed E-state index contributed by atoms with van der Waals surface area (Å²) in [7, 11) is 0. The number of hydrogen-bond acceptors (Lipinski definition) is 6. The van der Waals surface area contributed by atoms with E-state index in [1.165, 1.54) is 0 Å². The van der Waals surface area contributed by atoms with Gasteiger partial charge in [0.2, 0.25) is 5.89 Å². The van der Waals surface area contributed by atoms with Gasteiger partial charge in [-0.15, -0.1) is 0 Å². The van der Waals surface area contributed by atoms with Crippen LogP contribution in [0.25, 0.3) is 0 Å². The van der Waals surface area contributed by atoms with E-state index in [9.17, 15) is 4.79 Å². The van der Waals surface area contributed by atoms with Gasteiger partial charge in [0.1, 0.15) is 12.1 Å². The van der Waals surface area contributed by atoms with Crippen molar-refractivity contribution in [2.45, 2.75) is 52.8 Å². The summed E-state index contributed by atoms with van der Waals surface area (Å²) >= 11 is 0. The average Bonchev–Trinajstić information content (AvgIpc) is 2.83. The predicted molar refractivity (Wildman–Crippen MR) is 88.6 cm³/mol. The number of rotatable bonds is 4. The van der Waals surface area contributed by atoms with E-state index in [-0.39, 0.29) is 12.1 Å². The molecule has 2 heterocycles. The minimum Gasteiger partial charge on any atom is -0.444 e. The van der Waals surface area contributed by atoms with Gasteiger partial charge in [-0.1, -0.05) is 5.16 Å². The Hall–Kier alpha value is -2.32. The van der Waals surface area contributed by atoms with Gasteiger partial charge in [-0.05, 0) is 27.7 Å². The highest BCUT2D eigenvalue weighted by molar-refractivity contribution is 5.80. The molecule has 1 saturated heterocycles. The zero-order valence-corrected chi connectivity index (χ0v) is 14.9. The lowest BCUT2D eigenvalue weighted by Crippen LogP contribution is -2.63. The Morgan fingerprint density at radius 1 is 1.46 bits per heavy atom. The lowest BCUT2D eigenvalue weighted by Gasteiger charge is -2.40. The molecule has 0 saturated carbocycles. The fraction of sp³-hybridized carbons (Fsp3) is 0.733. The Labute approximate surface area is 141 Å². The second kappa shape index (κ2) is 7.50. The Kier molecular flexibility index (Phi) is 5.63. The first-order valence-corrected chi connectivity index (χ1v) is 8.09. The van der Waals surface area contributed by atoms with Crippen LogP contribution in [0, 0.1) is 6.92 Å². The number of hydrogen-bond donors (Lipinski definition) is 2. The Bertz CT molecular complexity index is 586. The number of nitrogens with one attached hydrogen (secondary N) is 2. The summed E-state index contributed by atoms with van der Waals surface area (Å²) in [5.74, 6) is 1.72. The average molecular weight is 338 g/mol. The number of nitrogens with zero attached hydrogens (tertiary/aromatic N) is 4. The van der Waals surface area contributed by atoms with Crippen molar-refractivity contribution in [1.29, 1.82) is 0 Å². The molecule has 1 aromatic heterocycles. The van der Waals surface area contributed by atoms with Crippen molar-refractivity contribution in [3.8, 4) is 0 Å². The SMILES string of the molecule is CCNC(=NCc1noc(C)n1)NC1CN(C(=O)OC(C)(C)C)C1. The molecule has 0 spiro atoms. The van der Waals surface area contributed by atoms with E-state index < -0.39 is 5.60 Å². The minimum atomic E-state index is -0.477. The molecular weight excluding hydrogens is 312 g/mol. The maximum absolute atomic E-state index is 11.9. The molecule has 0 radical (unpaired) electrons. The van der Waals surface area contributed by atoms with Crippen LogP contribution in [0.2, 0.25) is 0 Å². The first-order valence-electron chi connectivity index (χ1n) is 8.09. The molecule has 9 nitrogen and oxygen atoms in total. The predicted octanol–water partition coefficient (Wildman–Crippen LogP) is 1.05. The van der Waals surface area contributed by atoms with Gasteiger partial charge in [-0.25, -0.2) is 9.79 Å². The fourth-order valence-electron chi connectivity index (χ4n) is 2.11. The molecule has 0 aliphatic carbocycles. The summed E-state index contributed by atoms with van der Waals surface area (Å²) in [6, 6.07) is 0.141. The number of aliphatic imine (C=N–C) groups is 1. The van der Waals surface area contributed by atoms with Crippen molar-refractivity contribution in [3.05, 3.63) is 11.7 Å². The standard InChI is InChI=1S/C15H26N6O3/c1-6-16-13(17-7-12-18-10(2)24-20-12)19-11-8-21(9-11)14(22)23-15(3,4)5/h11H,6-9H2,1-5H3,(H2,16,17,19). The summed E-state index contributed by atoms with van der Waals surface area (Å²) in [5.41, 5.74) is -0.477. The summed E-state index contributed by atoms with van der Waals surface area (Å²) < 4.78 is 10.3. The smallest absolute Gasteiger partial charge is 0.410 e. The zero-order chi connectivity index (χ0) is 17.7. The van der Waals surface area contributed by atoms with Gasteiger partial charge in [0.05, 0.1) is 6.04 Å². The van der Waals surface area contributed by atoms with E-state index in [1.807, 2.05) is 27.7 Å². The van der Waals surface area contributed by atoms with Crippen molar-refractivity contribution >= 4 is 12.1 Å². The van der Waals surface area contributed by atoms with Crippen LogP contribution < -0.4 is 10.6 Å². The van der Waals surface area contributed by atoms with Crippen LogP contribution in [0.5, 0.6) is 0 Å². The molecule has 1 amide bonds. The molecule has 2 rings (SSSR count). The first kappa shape index (κ1) is 18.0. The monoisotopic (exact) mass is 338 g/mol. The lowest BCUT2D eigenvalue weighted by atomic mass is 10.1. The van der Waals surface area contributed by atoms with E-state index in [4.69, 9.17) is 9.26 Å². The second-order valence-electron chi connectivity index (χ2n) is 6.65. The third-order valence-electron chi connectivity index (χ3n) is 3.17. The van der Waals surface area contributed by atoms with E-state index in [0.29, 0.717) is 37.3 Å². The Morgan fingerprint density at radius 3 is 2.71 bits per heavy atom. The van der Waals surface area contributed by atoms with E-state index in [2.05, 4.69) is 25.8 Å². The molecule has 1 aromatic rings. The largest absolute Gasteiger partial charge is 0.444 e. The van der Waals surface area contributed by atoms with Crippen molar-refractivity contribution < 1.29 is 14.1 Å². The summed E-state index contributed by atoms with van der Waals surface area (Å²) in [4.78, 5) is 22.1. The first-order chi connectivity index (χ1) is 11.3. The number of aromatic nitrogens is 2. The molecule has 0 aromatic carbocycles. The second-order valence-corrected chi connectivity index (χ2v) is 6.65. The highest BCUT2D eigenvalue weighted by Crippen LogP contribution is 2.15. The van der Waals surface area contributed by atoms with Crippen LogP contribution in [0.1, 0.15) is 39.4 Å². The molecular formula is C15H26N6O3. The number of guanidine groups is 1. The molecule has 1 fully saturated rings. The molecule has 1 aliphatic heterocycles. The van der Waals surface area contributed by atoms with Gasteiger partial charge in [0.15, 0.2) is 11.8 Å². The quantitative estimate of drug-likeness (QED) is 0.624. The van der Waals surface area contributed by atoms with Gasteiger partial charge in [0.25, 0.3) is 0 Å². The van der Waals surface area contributed by atoms with E-state index in [0.717, 1.165) is 6.54 Å². The number of carbonyl (C=O) groups is 1. The topological polar surface area (TPSA) is 105 Å². The third-order valence-corrected chi connectivity index (χ3v) is 3.17. The lowest BCUT2D eigenvalue weighted by molar-refractivity contribution is 0.00701. The number of carbonyl (C=O) groups excluding carboxylic acids is 1. The summed E-state index contributed by atoms with van der Waals surface area (Å²) in [6.45, 7) is 11.5. The van der Waals surface area contributed by atoms with Gasteiger partial charge >= 0.3 is 6.09 Å². The maximum Gasteiger partial charge on any atom is 0.410 e. The van der Waals surface area contributed by atoms with E-state index >= 15 is 0 Å². The van der Waals surface area contributed by atoms with Crippen molar-refractivity contribution in [3.63, 3.8) is 0 Å². The third kappa shape index (κ3) is 5.39. The van der Waals surface area contributed by atoms with Gasteiger partial charge in [-0.2, -0.15) is 4.98 Å². The molecule has 134 valence electrons. The minimum absolute atomic E-state index is 0.141. The van der Waals surface area contributed by atoms with Gasteiger partial charge in [0, 0.05) is 26.6 Å². The number of aryl methyl sites for hydroxylation is 1. The van der Waals surface area contributed by atoms with Gasteiger partial charge in [-0.3, -0.25) is 0 Å². The van der Waals surface area contributed by atoms with Crippen LogP contribution in [0.3, 0.4) is 0 Å². The van der Waals surface area contributed by atoms with Crippen LogP contribution >= 0.6 is 0 Å². The molecule has 0 unspecified atom stereocenters. The number of ether oxygens (including phenoxy) is 1. The van der Waals surface area contributed by atoms with Crippen molar-refractivity contribution in [2.24, 2.45) is 4.99 Å². The summed E-state index contributed by atoms with van der Waals surface area (Å²) in [6.07, 6.45) is -0.287. The maximum atomic E-state index is 11.9. The zero-order valence-electron chi connectivity index (χ0n) is 14.9. The fourth-order valence-corrected chi connectivity index (χ4v) is 2.11. The van der Waals surface area contributed by atoms with Crippen LogP contribution in [-0.2, 0) is 11.3 Å². The highest BCUT2D eigenvalue weighted by Gasteiger charge is 2.34. The normalized spacial score (nSPS) is 15.9. The van der Waals surface area contributed by atoms with Crippen LogP contribution in [0.15, 0.2) is 9.52 Å². The summed E-state index contributed by atoms with van der Waals surface area (Å²) in [5, 5.41) is 10.3. The molecule has 2 N–H and O–H groups in total. The van der Waals surface area contributed by atoms with Crippen molar-refractivity contribution in [2.75, 3.05) is 19.6 Å². The molecule has 1 aliphatic rings. The van der Waals surface area contributed by atoms with Crippen LogP contribution in [-0.4, -0.2) is 58.4 Å². The number of amides is 1. The molecule has 0 atom stereocenters. The highest BCUT2D eigenvalue weighted by atomic mass is 16.6. The molecule has 0 bridgehead atoms. The van der Waals surface area contributed by atoms with Crippen molar-refractivity contribution in [1.82, 2.24) is 25.7 Å². The molecule has 9 heteroatoms. The van der Waals surface area contributed by atoms with E-state index in [1.54, 1.807) is 11.8 Å². The van der Waals surface area contributed by atoms with Crippen LogP contribution in [0.4, 0.5) is 4.79 Å². The Morgan fingerprint density at radius 2 is 2.17 bits per heavy atom.